The molecule has 0 aliphatic rings. The predicted octanol–water partition coefficient (Wildman–Crippen LogP) is 1.90. The Morgan fingerprint density at radius 2 is 2.00 bits per heavy atom. The summed E-state index contributed by atoms with van der Waals surface area (Å²) in [5, 5.41) is 11.9. The first-order valence-corrected chi connectivity index (χ1v) is 6.88. The van der Waals surface area contributed by atoms with E-state index in [2.05, 4.69) is 19.2 Å². The zero-order valence-corrected chi connectivity index (χ0v) is 12.6. The Kier molecular flexibility index (Phi) is 6.02. The molecule has 0 spiro atoms. The van der Waals surface area contributed by atoms with Gasteiger partial charge < -0.3 is 20.9 Å². The van der Waals surface area contributed by atoms with Gasteiger partial charge in [-0.15, -0.1) is 0 Å². The fourth-order valence-corrected chi connectivity index (χ4v) is 1.69. The van der Waals surface area contributed by atoms with Crippen LogP contribution in [-0.4, -0.2) is 29.6 Å². The Hall–Kier alpha value is -2.24. The lowest BCUT2D eigenvalue weighted by Gasteiger charge is -2.16. The quantitative estimate of drug-likeness (QED) is 0.667. The fourth-order valence-electron chi connectivity index (χ4n) is 1.69. The van der Waals surface area contributed by atoms with Crippen LogP contribution in [0.5, 0.6) is 5.75 Å². The molecular formula is C15H22N2O4. The van der Waals surface area contributed by atoms with Gasteiger partial charge in [0.25, 0.3) is 5.91 Å². The van der Waals surface area contributed by atoms with Crippen LogP contribution in [0.25, 0.3) is 0 Å². The molecule has 1 aromatic rings. The third kappa shape index (κ3) is 5.33. The maximum absolute atomic E-state index is 11.9. The summed E-state index contributed by atoms with van der Waals surface area (Å²) < 4.78 is 5.43. The molecule has 116 valence electrons. The molecule has 0 saturated heterocycles. The first kappa shape index (κ1) is 16.8. The molecule has 6 nitrogen and oxygen atoms in total. The van der Waals surface area contributed by atoms with Crippen LogP contribution in [0.15, 0.2) is 18.2 Å². The van der Waals surface area contributed by atoms with E-state index in [9.17, 15) is 9.59 Å². The number of carbonyl (C=O) groups excluding carboxylic acids is 1. The van der Waals surface area contributed by atoms with Gasteiger partial charge in [-0.2, -0.15) is 0 Å². The summed E-state index contributed by atoms with van der Waals surface area (Å²) >= 11 is 0. The van der Waals surface area contributed by atoms with Gasteiger partial charge in [0, 0.05) is 12.2 Å². The second-order valence-corrected chi connectivity index (χ2v) is 5.29. The molecule has 0 radical (unpaired) electrons. The van der Waals surface area contributed by atoms with Crippen LogP contribution < -0.4 is 15.8 Å². The summed E-state index contributed by atoms with van der Waals surface area (Å²) in [5.41, 5.74) is 5.82. The van der Waals surface area contributed by atoms with Crippen LogP contribution in [0.3, 0.4) is 0 Å². The van der Waals surface area contributed by atoms with Gasteiger partial charge in [0.05, 0.1) is 0 Å². The number of nitrogen functional groups attached to an aromatic ring is 1. The highest BCUT2D eigenvalue weighted by molar-refractivity contribution is 5.92. The minimum absolute atomic E-state index is 0.0585. The molecule has 1 atom stereocenters. The molecule has 1 amide bonds. The predicted molar refractivity (Wildman–Crippen MR) is 80.4 cm³/mol. The average Bonchev–Trinajstić information content (AvgIpc) is 2.39. The van der Waals surface area contributed by atoms with Crippen molar-refractivity contribution < 1.29 is 19.4 Å². The number of hydrogen-bond donors (Lipinski definition) is 3. The number of benzene rings is 1. The van der Waals surface area contributed by atoms with Crippen molar-refractivity contribution in [2.75, 3.05) is 12.3 Å². The van der Waals surface area contributed by atoms with E-state index in [1.54, 1.807) is 6.92 Å². The standard InChI is InChI=1S/C15H22N2O4/c1-9(2)6-7-17-14(18)10(3)21-13-5-4-11(16)8-12(13)15(19)20/h4-5,8-10H,6-7,16H2,1-3H3,(H,17,18)(H,19,20). The molecule has 0 aliphatic carbocycles. The minimum Gasteiger partial charge on any atom is -0.480 e. The van der Waals surface area contributed by atoms with Crippen LogP contribution in [0.4, 0.5) is 5.69 Å². The second-order valence-electron chi connectivity index (χ2n) is 5.29. The first-order chi connectivity index (χ1) is 9.81. The van der Waals surface area contributed by atoms with Gasteiger partial charge in [0.2, 0.25) is 0 Å². The third-order valence-electron chi connectivity index (χ3n) is 2.93. The van der Waals surface area contributed by atoms with Crippen molar-refractivity contribution in [3.05, 3.63) is 23.8 Å². The van der Waals surface area contributed by atoms with Crippen molar-refractivity contribution in [2.24, 2.45) is 5.92 Å². The number of nitrogens with two attached hydrogens (primary N) is 1. The number of rotatable bonds is 7. The lowest BCUT2D eigenvalue weighted by atomic mass is 10.1. The van der Waals surface area contributed by atoms with Crippen molar-refractivity contribution >= 4 is 17.6 Å². The van der Waals surface area contributed by atoms with Gasteiger partial charge in [-0.25, -0.2) is 4.79 Å². The van der Waals surface area contributed by atoms with Crippen molar-refractivity contribution in [1.82, 2.24) is 5.32 Å². The van der Waals surface area contributed by atoms with E-state index in [4.69, 9.17) is 15.6 Å². The number of carboxylic acids is 1. The number of aromatic carboxylic acids is 1. The minimum atomic E-state index is -1.15. The van der Waals surface area contributed by atoms with Gasteiger partial charge in [-0.05, 0) is 37.5 Å². The number of amides is 1. The molecule has 0 saturated carbocycles. The van der Waals surface area contributed by atoms with Crippen molar-refractivity contribution in [2.45, 2.75) is 33.3 Å². The molecule has 0 bridgehead atoms. The van der Waals surface area contributed by atoms with E-state index in [-0.39, 0.29) is 17.2 Å². The monoisotopic (exact) mass is 294 g/mol. The Bertz CT molecular complexity index is 514. The van der Waals surface area contributed by atoms with E-state index in [1.165, 1.54) is 18.2 Å². The Balaban J connectivity index is 2.68. The topological polar surface area (TPSA) is 102 Å². The highest BCUT2D eigenvalue weighted by Crippen LogP contribution is 2.22. The maximum atomic E-state index is 11.9. The average molecular weight is 294 g/mol. The molecule has 6 heteroatoms. The van der Waals surface area contributed by atoms with Crippen LogP contribution in [0.1, 0.15) is 37.6 Å². The molecule has 0 aliphatic heterocycles. The van der Waals surface area contributed by atoms with Gasteiger partial charge >= 0.3 is 5.97 Å². The van der Waals surface area contributed by atoms with Crippen molar-refractivity contribution in [3.63, 3.8) is 0 Å². The number of carboxylic acid groups (broad SMARTS) is 1. The molecule has 4 N–H and O–H groups in total. The molecule has 21 heavy (non-hydrogen) atoms. The summed E-state index contributed by atoms with van der Waals surface area (Å²) in [5.74, 6) is -0.797. The zero-order valence-electron chi connectivity index (χ0n) is 12.6. The Morgan fingerprint density at radius 3 is 2.57 bits per heavy atom. The Morgan fingerprint density at radius 1 is 1.33 bits per heavy atom. The number of nitrogens with one attached hydrogen (secondary N) is 1. The lowest BCUT2D eigenvalue weighted by Crippen LogP contribution is -2.37. The van der Waals surface area contributed by atoms with Crippen molar-refractivity contribution in [3.8, 4) is 5.75 Å². The highest BCUT2D eigenvalue weighted by atomic mass is 16.5. The fraction of sp³-hybridized carbons (Fsp3) is 0.467. The summed E-state index contributed by atoms with van der Waals surface area (Å²) in [6.07, 6.45) is 0.0969. The van der Waals surface area contributed by atoms with Gasteiger partial charge in [0.1, 0.15) is 11.3 Å². The lowest BCUT2D eigenvalue weighted by molar-refractivity contribution is -0.127. The van der Waals surface area contributed by atoms with E-state index in [0.717, 1.165) is 6.42 Å². The van der Waals surface area contributed by atoms with E-state index in [0.29, 0.717) is 18.2 Å². The van der Waals surface area contributed by atoms with Gasteiger partial charge in [-0.1, -0.05) is 13.8 Å². The SMILES string of the molecule is CC(C)CCNC(=O)C(C)Oc1ccc(N)cc1C(=O)O. The Labute approximate surface area is 124 Å². The summed E-state index contributed by atoms with van der Waals surface area (Å²) in [7, 11) is 0. The smallest absolute Gasteiger partial charge is 0.339 e. The van der Waals surface area contributed by atoms with Gasteiger partial charge in [-0.3, -0.25) is 4.79 Å². The van der Waals surface area contributed by atoms with Gasteiger partial charge in [0.15, 0.2) is 6.10 Å². The van der Waals surface area contributed by atoms with E-state index in [1.807, 2.05) is 0 Å². The first-order valence-electron chi connectivity index (χ1n) is 6.88. The van der Waals surface area contributed by atoms with Crippen LogP contribution >= 0.6 is 0 Å². The summed E-state index contributed by atoms with van der Waals surface area (Å²) in [4.78, 5) is 23.0. The van der Waals surface area contributed by atoms with Crippen molar-refractivity contribution in [1.29, 1.82) is 0 Å². The summed E-state index contributed by atoms with van der Waals surface area (Å²) in [6.45, 7) is 6.28. The maximum Gasteiger partial charge on any atom is 0.339 e. The second kappa shape index (κ2) is 7.52. The number of hydrogen-bond acceptors (Lipinski definition) is 4. The zero-order chi connectivity index (χ0) is 16.0. The highest BCUT2D eigenvalue weighted by Gasteiger charge is 2.18. The van der Waals surface area contributed by atoms with Crippen LogP contribution in [-0.2, 0) is 4.79 Å². The van der Waals surface area contributed by atoms with E-state index < -0.39 is 12.1 Å². The molecule has 1 rings (SSSR count). The molecule has 0 heterocycles. The molecular weight excluding hydrogens is 272 g/mol. The van der Waals surface area contributed by atoms with Crippen LogP contribution in [0.2, 0.25) is 0 Å². The normalized spacial score (nSPS) is 12.0. The third-order valence-corrected chi connectivity index (χ3v) is 2.93. The number of ether oxygens (including phenoxy) is 1. The van der Waals surface area contributed by atoms with Crippen LogP contribution in [0, 0.1) is 5.92 Å². The largest absolute Gasteiger partial charge is 0.480 e. The number of carbonyl (C=O) groups is 2. The van der Waals surface area contributed by atoms with E-state index >= 15 is 0 Å². The number of anilines is 1. The summed E-state index contributed by atoms with van der Waals surface area (Å²) in [6, 6.07) is 4.29. The molecule has 0 fully saturated rings. The molecule has 0 aromatic heterocycles. The molecule has 1 unspecified atom stereocenters. The molecule has 1 aromatic carbocycles.